The second-order valence-electron chi connectivity index (χ2n) is 3.26. The van der Waals surface area contributed by atoms with Crippen molar-refractivity contribution in [3.05, 3.63) is 41.5 Å². The van der Waals surface area contributed by atoms with Gasteiger partial charge in [0.1, 0.15) is 18.5 Å². The van der Waals surface area contributed by atoms with Crippen LogP contribution in [0.15, 0.2) is 24.5 Å². The summed E-state index contributed by atoms with van der Waals surface area (Å²) >= 11 is 0. The minimum Gasteiger partial charge on any atom is -0.218 e. The molecule has 1 aromatic heterocycles. The molecule has 76 valence electrons. The smallest absolute Gasteiger partial charge is 0.218 e. The molecule has 0 atom stereocenters. The van der Waals surface area contributed by atoms with Crippen molar-refractivity contribution in [2.45, 2.75) is 6.92 Å². The lowest BCUT2D eigenvalue weighted by Crippen LogP contribution is -1.98. The third kappa shape index (κ3) is 1.62. The Morgan fingerprint density at radius 3 is 2.69 bits per heavy atom. The third-order valence-corrected chi connectivity index (χ3v) is 2.11. The van der Waals surface area contributed by atoms with Crippen LogP contribution in [0.1, 0.15) is 17.0 Å². The molecule has 0 N–H and O–H groups in total. The minimum absolute atomic E-state index is 0.0875. The molecule has 0 amide bonds. The van der Waals surface area contributed by atoms with Crippen LogP contribution in [0, 0.1) is 29.6 Å². The van der Waals surface area contributed by atoms with Gasteiger partial charge in [0.05, 0.1) is 11.3 Å². The maximum atomic E-state index is 8.99. The third-order valence-electron chi connectivity index (χ3n) is 2.11. The Morgan fingerprint density at radius 2 is 2.06 bits per heavy atom. The maximum Gasteiger partial charge on any atom is 0.252 e. The maximum absolute atomic E-state index is 8.99. The SMILES string of the molecule is Cc1ccc(-n2cnc(C#N)n2)c(C#N)c1. The molecule has 2 rings (SSSR count). The van der Waals surface area contributed by atoms with Gasteiger partial charge in [0.25, 0.3) is 5.82 Å². The van der Waals surface area contributed by atoms with Gasteiger partial charge < -0.3 is 0 Å². The number of hydrogen-bond donors (Lipinski definition) is 0. The molecule has 0 fully saturated rings. The molecule has 16 heavy (non-hydrogen) atoms. The predicted octanol–water partition coefficient (Wildman–Crippen LogP) is 1.32. The van der Waals surface area contributed by atoms with Crippen LogP contribution < -0.4 is 0 Å². The average molecular weight is 209 g/mol. The van der Waals surface area contributed by atoms with Gasteiger partial charge >= 0.3 is 0 Å². The fraction of sp³-hybridized carbons (Fsp3) is 0.0909. The van der Waals surface area contributed by atoms with E-state index in [1.165, 1.54) is 11.0 Å². The van der Waals surface area contributed by atoms with Gasteiger partial charge in [0.15, 0.2) is 0 Å². The van der Waals surface area contributed by atoms with Gasteiger partial charge in [-0.15, -0.1) is 5.10 Å². The van der Waals surface area contributed by atoms with Crippen LogP contribution in [0.4, 0.5) is 0 Å². The molecule has 1 heterocycles. The van der Waals surface area contributed by atoms with Crippen LogP contribution in [-0.4, -0.2) is 14.8 Å². The van der Waals surface area contributed by atoms with Gasteiger partial charge in [0.2, 0.25) is 0 Å². The molecule has 0 saturated heterocycles. The lowest BCUT2D eigenvalue weighted by atomic mass is 10.1. The second kappa shape index (κ2) is 3.84. The standard InChI is InChI=1S/C11H7N5/c1-8-2-3-10(9(4-8)5-12)16-7-14-11(6-13)15-16/h2-4,7H,1H3. The van der Waals surface area contributed by atoms with Gasteiger partial charge in [-0.1, -0.05) is 6.07 Å². The van der Waals surface area contributed by atoms with E-state index in [0.29, 0.717) is 11.3 Å². The zero-order chi connectivity index (χ0) is 11.5. The van der Waals surface area contributed by atoms with Crippen LogP contribution >= 0.6 is 0 Å². The molecule has 1 aromatic carbocycles. The van der Waals surface area contributed by atoms with Gasteiger partial charge in [-0.2, -0.15) is 10.5 Å². The Kier molecular flexibility index (Phi) is 2.37. The first kappa shape index (κ1) is 9.88. The van der Waals surface area contributed by atoms with Crippen LogP contribution in [0.25, 0.3) is 5.69 Å². The lowest BCUT2D eigenvalue weighted by Gasteiger charge is -2.03. The van der Waals surface area contributed by atoms with Crippen molar-refractivity contribution in [3.63, 3.8) is 0 Å². The number of rotatable bonds is 1. The number of hydrogen-bond acceptors (Lipinski definition) is 4. The summed E-state index contributed by atoms with van der Waals surface area (Å²) in [5, 5.41) is 21.5. The first-order valence-corrected chi connectivity index (χ1v) is 4.57. The quantitative estimate of drug-likeness (QED) is 0.709. The highest BCUT2D eigenvalue weighted by molar-refractivity contribution is 5.49. The normalized spacial score (nSPS) is 9.44. The van der Waals surface area contributed by atoms with Gasteiger partial charge in [0, 0.05) is 0 Å². The summed E-state index contributed by atoms with van der Waals surface area (Å²) in [4.78, 5) is 3.79. The van der Waals surface area contributed by atoms with E-state index in [1.54, 1.807) is 12.1 Å². The monoisotopic (exact) mass is 209 g/mol. The molecular formula is C11H7N5. The number of aromatic nitrogens is 3. The highest BCUT2D eigenvalue weighted by Gasteiger charge is 2.07. The van der Waals surface area contributed by atoms with Crippen molar-refractivity contribution < 1.29 is 0 Å². The lowest BCUT2D eigenvalue weighted by molar-refractivity contribution is 0.869. The van der Waals surface area contributed by atoms with E-state index < -0.39 is 0 Å². The van der Waals surface area contributed by atoms with Gasteiger partial charge in [-0.3, -0.25) is 0 Å². The first-order chi connectivity index (χ1) is 7.74. The van der Waals surface area contributed by atoms with Crippen LogP contribution in [0.3, 0.4) is 0 Å². The molecule has 0 bridgehead atoms. The number of benzene rings is 1. The van der Waals surface area contributed by atoms with E-state index >= 15 is 0 Å². The number of nitriles is 2. The van der Waals surface area contributed by atoms with Crippen molar-refractivity contribution in [2.24, 2.45) is 0 Å². The zero-order valence-corrected chi connectivity index (χ0v) is 8.55. The van der Waals surface area contributed by atoms with Crippen molar-refractivity contribution in [1.29, 1.82) is 10.5 Å². The summed E-state index contributed by atoms with van der Waals surface area (Å²) in [7, 11) is 0. The summed E-state index contributed by atoms with van der Waals surface area (Å²) in [6.45, 7) is 1.91. The minimum atomic E-state index is 0.0875. The van der Waals surface area contributed by atoms with Crippen molar-refractivity contribution in [1.82, 2.24) is 14.8 Å². The fourth-order valence-electron chi connectivity index (χ4n) is 1.37. The Bertz CT molecular complexity index is 612. The molecule has 0 unspecified atom stereocenters. The van der Waals surface area contributed by atoms with Gasteiger partial charge in [-0.05, 0) is 24.6 Å². The summed E-state index contributed by atoms with van der Waals surface area (Å²) in [5.41, 5.74) is 2.14. The molecule has 0 radical (unpaired) electrons. The van der Waals surface area contributed by atoms with Gasteiger partial charge in [-0.25, -0.2) is 9.67 Å². The van der Waals surface area contributed by atoms with Crippen LogP contribution in [-0.2, 0) is 0 Å². The van der Waals surface area contributed by atoms with E-state index in [1.807, 2.05) is 19.1 Å². The van der Waals surface area contributed by atoms with E-state index in [-0.39, 0.29) is 5.82 Å². The first-order valence-electron chi connectivity index (χ1n) is 4.57. The fourth-order valence-corrected chi connectivity index (χ4v) is 1.37. The van der Waals surface area contributed by atoms with E-state index in [4.69, 9.17) is 10.5 Å². The summed E-state index contributed by atoms with van der Waals surface area (Å²) in [5.74, 6) is 0.0875. The van der Waals surface area contributed by atoms with Crippen molar-refractivity contribution in [2.75, 3.05) is 0 Å². The zero-order valence-electron chi connectivity index (χ0n) is 8.55. The van der Waals surface area contributed by atoms with Crippen molar-refractivity contribution in [3.8, 4) is 17.8 Å². The van der Waals surface area contributed by atoms with Crippen LogP contribution in [0.5, 0.6) is 0 Å². The molecule has 5 nitrogen and oxygen atoms in total. The molecule has 2 aromatic rings. The average Bonchev–Trinajstić information content (AvgIpc) is 2.77. The summed E-state index contributed by atoms with van der Waals surface area (Å²) in [6.07, 6.45) is 1.42. The molecule has 0 spiro atoms. The van der Waals surface area contributed by atoms with Crippen LogP contribution in [0.2, 0.25) is 0 Å². The Balaban J connectivity index is 2.57. The Labute approximate surface area is 92.2 Å². The largest absolute Gasteiger partial charge is 0.252 e. The Hall–Kier alpha value is -2.66. The predicted molar refractivity (Wildman–Crippen MR) is 55.5 cm³/mol. The van der Waals surface area contributed by atoms with Crippen molar-refractivity contribution >= 4 is 0 Å². The topological polar surface area (TPSA) is 78.3 Å². The second-order valence-corrected chi connectivity index (χ2v) is 3.26. The van der Waals surface area contributed by atoms with E-state index in [2.05, 4.69) is 16.2 Å². The van der Waals surface area contributed by atoms with E-state index in [9.17, 15) is 0 Å². The number of nitrogens with zero attached hydrogens (tertiary/aromatic N) is 5. The molecule has 0 aliphatic rings. The van der Waals surface area contributed by atoms with E-state index in [0.717, 1.165) is 5.56 Å². The molecule has 0 aliphatic carbocycles. The highest BCUT2D eigenvalue weighted by atomic mass is 15.3. The summed E-state index contributed by atoms with van der Waals surface area (Å²) < 4.78 is 1.43. The summed E-state index contributed by atoms with van der Waals surface area (Å²) in [6, 6.07) is 9.36. The molecular weight excluding hydrogens is 202 g/mol. The number of aryl methyl sites for hydroxylation is 1. The molecule has 5 heteroatoms. The highest BCUT2D eigenvalue weighted by Crippen LogP contribution is 2.14. The molecule has 0 saturated carbocycles. The molecule has 0 aliphatic heterocycles. The Morgan fingerprint density at radius 1 is 1.25 bits per heavy atom.